The summed E-state index contributed by atoms with van der Waals surface area (Å²) in [6.45, 7) is 1.16. The van der Waals surface area contributed by atoms with E-state index in [1.807, 2.05) is 6.07 Å². The summed E-state index contributed by atoms with van der Waals surface area (Å²) in [6, 6.07) is 7.08. The largest absolute Gasteiger partial charge is 0.435 e. The first-order valence-corrected chi connectivity index (χ1v) is 6.94. The maximum Gasteiger partial charge on any atom is 0.435 e. The molecule has 0 unspecified atom stereocenters. The van der Waals surface area contributed by atoms with Crippen molar-refractivity contribution in [3.8, 4) is 0 Å². The molecule has 7 heteroatoms. The minimum Gasteiger partial charge on any atom is -0.312 e. The zero-order valence-electron chi connectivity index (χ0n) is 11.0. The Balaban J connectivity index is 2.01. The van der Waals surface area contributed by atoms with Gasteiger partial charge in [0.25, 0.3) is 0 Å². The molecule has 112 valence electrons. The van der Waals surface area contributed by atoms with Crippen LogP contribution in [0.25, 0.3) is 0 Å². The van der Waals surface area contributed by atoms with E-state index in [1.165, 1.54) is 4.68 Å². The van der Waals surface area contributed by atoms with Crippen molar-refractivity contribution in [2.45, 2.75) is 25.7 Å². The molecule has 0 spiro atoms. The summed E-state index contributed by atoms with van der Waals surface area (Å²) in [5.41, 5.74) is 0.962. The van der Waals surface area contributed by atoms with E-state index in [2.05, 4.69) is 10.4 Å². The van der Waals surface area contributed by atoms with Gasteiger partial charge in [-0.3, -0.25) is 4.68 Å². The molecule has 0 atom stereocenters. The molecule has 0 saturated heterocycles. The Morgan fingerprint density at radius 2 is 2.14 bits per heavy atom. The predicted octanol–water partition coefficient (Wildman–Crippen LogP) is 3.25. The zero-order valence-corrected chi connectivity index (χ0v) is 11.8. The van der Waals surface area contributed by atoms with Crippen LogP contribution in [0.2, 0.25) is 5.02 Å². The number of nitrogens with zero attached hydrogens (tertiary/aromatic N) is 2. The average Bonchev–Trinajstić information content (AvgIpc) is 2.78. The monoisotopic (exact) mass is 315 g/mol. The van der Waals surface area contributed by atoms with Crippen LogP contribution in [0.4, 0.5) is 13.2 Å². The fraction of sp³-hybridized carbons (Fsp3) is 0.357. The number of hydrogen-bond donors (Lipinski definition) is 1. The van der Waals surface area contributed by atoms with Gasteiger partial charge in [0.15, 0.2) is 5.69 Å². The summed E-state index contributed by atoms with van der Waals surface area (Å²) < 4.78 is 40.7. The number of aromatic nitrogens is 2. The van der Waals surface area contributed by atoms with Crippen LogP contribution >= 0.6 is 11.6 Å². The number of nitrogens with one attached hydrogen (secondary N) is 1. The number of halogens is 4. The molecule has 1 aliphatic rings. The quantitative estimate of drug-likeness (QED) is 0.922. The van der Waals surface area contributed by atoms with Crippen molar-refractivity contribution >= 4 is 11.6 Å². The molecule has 1 N–H and O–H groups in total. The SMILES string of the molecule is FC(F)(F)c1nn(Cc2cccc(Cl)c2)c2c1CNCC2. The molecule has 3 rings (SSSR count). The fourth-order valence-electron chi connectivity index (χ4n) is 2.59. The molecule has 0 fully saturated rings. The summed E-state index contributed by atoms with van der Waals surface area (Å²) in [4.78, 5) is 0. The van der Waals surface area contributed by atoms with Crippen LogP contribution in [0.3, 0.4) is 0 Å². The fourth-order valence-corrected chi connectivity index (χ4v) is 2.80. The van der Waals surface area contributed by atoms with Gasteiger partial charge >= 0.3 is 6.18 Å². The highest BCUT2D eigenvalue weighted by Crippen LogP contribution is 2.34. The van der Waals surface area contributed by atoms with Crippen molar-refractivity contribution in [1.29, 1.82) is 0 Å². The molecule has 0 aliphatic carbocycles. The lowest BCUT2D eigenvalue weighted by Crippen LogP contribution is -2.26. The van der Waals surface area contributed by atoms with Crippen molar-refractivity contribution in [1.82, 2.24) is 15.1 Å². The Labute approximate surface area is 124 Å². The van der Waals surface area contributed by atoms with Gasteiger partial charge in [0.1, 0.15) is 0 Å². The Morgan fingerprint density at radius 1 is 1.33 bits per heavy atom. The molecule has 0 saturated carbocycles. The zero-order chi connectivity index (χ0) is 15.0. The van der Waals surface area contributed by atoms with E-state index in [4.69, 9.17) is 11.6 Å². The Bertz CT molecular complexity index is 664. The van der Waals surface area contributed by atoms with Gasteiger partial charge < -0.3 is 5.32 Å². The number of benzene rings is 1. The molecule has 2 aromatic rings. The number of rotatable bonds is 2. The van der Waals surface area contributed by atoms with Gasteiger partial charge in [0.2, 0.25) is 0 Å². The maximum atomic E-state index is 13.1. The molecule has 1 aromatic heterocycles. The molecule has 0 bridgehead atoms. The first-order valence-electron chi connectivity index (χ1n) is 6.56. The van der Waals surface area contributed by atoms with Crippen LogP contribution in [-0.2, 0) is 25.7 Å². The van der Waals surface area contributed by atoms with Gasteiger partial charge in [-0.25, -0.2) is 0 Å². The summed E-state index contributed by atoms with van der Waals surface area (Å²) in [6.07, 6.45) is -3.89. The summed E-state index contributed by atoms with van der Waals surface area (Å²) in [7, 11) is 0. The minimum atomic E-state index is -4.43. The molecule has 3 nitrogen and oxygen atoms in total. The van der Waals surface area contributed by atoms with Crippen molar-refractivity contribution < 1.29 is 13.2 Å². The van der Waals surface area contributed by atoms with E-state index in [1.54, 1.807) is 18.2 Å². The summed E-state index contributed by atoms with van der Waals surface area (Å²) in [5.74, 6) is 0. The second kappa shape index (κ2) is 5.35. The van der Waals surface area contributed by atoms with Gasteiger partial charge in [-0.05, 0) is 17.7 Å². The second-order valence-electron chi connectivity index (χ2n) is 4.99. The highest BCUT2D eigenvalue weighted by molar-refractivity contribution is 6.30. The van der Waals surface area contributed by atoms with Gasteiger partial charge in [-0.1, -0.05) is 23.7 Å². The molecule has 1 aliphatic heterocycles. The average molecular weight is 316 g/mol. The van der Waals surface area contributed by atoms with E-state index in [0.717, 1.165) is 5.56 Å². The first kappa shape index (κ1) is 14.4. The van der Waals surface area contributed by atoms with Crippen molar-refractivity contribution in [3.63, 3.8) is 0 Å². The highest BCUT2D eigenvalue weighted by atomic mass is 35.5. The standard InChI is InChI=1S/C14H13ClF3N3/c15-10-3-1-2-9(6-10)8-21-12-4-5-19-7-11(12)13(20-21)14(16,17)18/h1-3,6,19H,4-5,7-8H2. The first-order chi connectivity index (χ1) is 9.95. The lowest BCUT2D eigenvalue weighted by atomic mass is 10.1. The number of hydrogen-bond acceptors (Lipinski definition) is 2. The van der Waals surface area contributed by atoms with Crippen LogP contribution < -0.4 is 5.32 Å². The van der Waals surface area contributed by atoms with E-state index in [-0.39, 0.29) is 12.1 Å². The topological polar surface area (TPSA) is 29.9 Å². The smallest absolute Gasteiger partial charge is 0.312 e. The van der Waals surface area contributed by atoms with Crippen LogP contribution in [0.5, 0.6) is 0 Å². The Hall–Kier alpha value is -1.53. The molecule has 2 heterocycles. The van der Waals surface area contributed by atoms with E-state index < -0.39 is 11.9 Å². The van der Waals surface area contributed by atoms with E-state index in [9.17, 15) is 13.2 Å². The Kier molecular flexibility index (Phi) is 3.67. The molecular weight excluding hydrogens is 303 g/mol. The lowest BCUT2D eigenvalue weighted by Gasteiger charge is -2.16. The third kappa shape index (κ3) is 2.91. The van der Waals surface area contributed by atoms with Crippen molar-refractivity contribution in [2.24, 2.45) is 0 Å². The number of fused-ring (bicyclic) bond motifs is 1. The third-order valence-corrected chi connectivity index (χ3v) is 3.73. The predicted molar refractivity (Wildman–Crippen MR) is 73.2 cm³/mol. The number of alkyl halides is 3. The molecule has 0 amide bonds. The van der Waals surface area contributed by atoms with Gasteiger partial charge in [0.05, 0.1) is 6.54 Å². The van der Waals surface area contributed by atoms with Crippen LogP contribution in [0, 0.1) is 0 Å². The third-order valence-electron chi connectivity index (χ3n) is 3.50. The lowest BCUT2D eigenvalue weighted by molar-refractivity contribution is -0.142. The van der Waals surface area contributed by atoms with E-state index in [0.29, 0.717) is 30.2 Å². The minimum absolute atomic E-state index is 0.208. The molecular formula is C14H13ClF3N3. The van der Waals surface area contributed by atoms with Crippen molar-refractivity contribution in [2.75, 3.05) is 6.54 Å². The maximum absolute atomic E-state index is 13.1. The van der Waals surface area contributed by atoms with E-state index >= 15 is 0 Å². The van der Waals surface area contributed by atoms with Gasteiger partial charge in [0, 0.05) is 35.8 Å². The summed E-state index contributed by atoms with van der Waals surface area (Å²) >= 11 is 5.91. The van der Waals surface area contributed by atoms with Crippen LogP contribution in [0.15, 0.2) is 24.3 Å². The summed E-state index contributed by atoms with van der Waals surface area (Å²) in [5, 5.41) is 7.32. The highest BCUT2D eigenvalue weighted by Gasteiger charge is 2.39. The van der Waals surface area contributed by atoms with Crippen LogP contribution in [-0.4, -0.2) is 16.3 Å². The van der Waals surface area contributed by atoms with Crippen LogP contribution in [0.1, 0.15) is 22.5 Å². The van der Waals surface area contributed by atoms with Crippen molar-refractivity contribution in [3.05, 3.63) is 51.8 Å². The normalized spacial score (nSPS) is 15.0. The second-order valence-corrected chi connectivity index (χ2v) is 5.42. The van der Waals surface area contributed by atoms with Gasteiger partial charge in [-0.2, -0.15) is 18.3 Å². The molecule has 0 radical (unpaired) electrons. The molecule has 21 heavy (non-hydrogen) atoms. The Morgan fingerprint density at radius 3 is 2.86 bits per heavy atom. The molecule has 1 aromatic carbocycles. The van der Waals surface area contributed by atoms with Gasteiger partial charge in [-0.15, -0.1) is 0 Å².